The van der Waals surface area contributed by atoms with E-state index in [0.717, 1.165) is 22.5 Å². The third kappa shape index (κ3) is 2.97. The Hall–Kier alpha value is -2.83. The number of anilines is 1. The molecule has 164 valence electrons. The van der Waals surface area contributed by atoms with Crippen LogP contribution < -0.4 is 10.7 Å². The first-order valence-electron chi connectivity index (χ1n) is 10.5. The number of rotatable bonds is 3. The zero-order valence-electron chi connectivity index (χ0n) is 17.5. The van der Waals surface area contributed by atoms with Crippen molar-refractivity contribution in [3.05, 3.63) is 75.8 Å². The van der Waals surface area contributed by atoms with Crippen molar-refractivity contribution in [2.24, 2.45) is 5.10 Å². The summed E-state index contributed by atoms with van der Waals surface area (Å²) >= 11 is 12.6. The highest BCUT2D eigenvalue weighted by atomic mass is 35.5. The summed E-state index contributed by atoms with van der Waals surface area (Å²) in [5.41, 5.74) is 4.90. The van der Waals surface area contributed by atoms with Crippen LogP contribution >= 0.6 is 23.2 Å². The van der Waals surface area contributed by atoms with Gasteiger partial charge >= 0.3 is 0 Å². The lowest BCUT2D eigenvalue weighted by molar-refractivity contribution is -0.127. The molecular formula is C24H22Cl2N4O2. The maximum Gasteiger partial charge on any atom is 0.259 e. The van der Waals surface area contributed by atoms with Crippen LogP contribution in [0.15, 0.2) is 59.7 Å². The third-order valence-electron chi connectivity index (χ3n) is 6.78. The van der Waals surface area contributed by atoms with Crippen molar-refractivity contribution in [1.29, 1.82) is 0 Å². The number of hydrazone groups is 1. The fraction of sp³-hybridized carbons (Fsp3) is 0.292. The maximum absolute atomic E-state index is 14.0. The highest BCUT2D eigenvalue weighted by Gasteiger charge is 2.63. The van der Waals surface area contributed by atoms with E-state index in [9.17, 15) is 9.59 Å². The van der Waals surface area contributed by atoms with Gasteiger partial charge in [-0.25, -0.2) is 5.43 Å². The second kappa shape index (κ2) is 7.64. The van der Waals surface area contributed by atoms with E-state index in [1.807, 2.05) is 42.2 Å². The van der Waals surface area contributed by atoms with E-state index in [1.165, 1.54) is 0 Å². The van der Waals surface area contributed by atoms with Gasteiger partial charge in [0.1, 0.15) is 17.8 Å². The molecule has 0 saturated carbocycles. The van der Waals surface area contributed by atoms with Gasteiger partial charge in [0, 0.05) is 28.1 Å². The van der Waals surface area contributed by atoms with Gasteiger partial charge in [-0.3, -0.25) is 9.59 Å². The predicted octanol–water partition coefficient (Wildman–Crippen LogP) is 4.45. The van der Waals surface area contributed by atoms with Gasteiger partial charge in [0.15, 0.2) is 0 Å². The van der Waals surface area contributed by atoms with Crippen LogP contribution in [-0.2, 0) is 15.0 Å². The fourth-order valence-corrected chi connectivity index (χ4v) is 5.81. The first-order chi connectivity index (χ1) is 15.4. The first kappa shape index (κ1) is 21.0. The van der Waals surface area contributed by atoms with Crippen LogP contribution in [0.1, 0.15) is 36.8 Å². The maximum atomic E-state index is 14.0. The Morgan fingerprint density at radius 2 is 2.00 bits per heavy atom. The lowest BCUT2D eigenvalue weighted by Gasteiger charge is -2.53. The van der Waals surface area contributed by atoms with Crippen molar-refractivity contribution in [1.82, 2.24) is 10.3 Å². The molecule has 1 saturated heterocycles. The minimum Gasteiger partial charge on any atom is -0.341 e. The van der Waals surface area contributed by atoms with Crippen molar-refractivity contribution in [2.45, 2.75) is 37.1 Å². The molecule has 2 aromatic carbocycles. The average Bonchev–Trinajstić information content (AvgIpc) is 3.04. The fourth-order valence-electron chi connectivity index (χ4n) is 5.44. The smallest absolute Gasteiger partial charge is 0.259 e. The number of amides is 2. The number of fused-ring (bicyclic) bond motifs is 3. The molecule has 32 heavy (non-hydrogen) atoms. The molecule has 8 heteroatoms. The van der Waals surface area contributed by atoms with E-state index in [0.29, 0.717) is 28.6 Å². The van der Waals surface area contributed by atoms with Gasteiger partial charge in [-0.15, -0.1) is 0 Å². The topological polar surface area (TPSA) is 73.8 Å². The Kier molecular flexibility index (Phi) is 5.02. The van der Waals surface area contributed by atoms with Gasteiger partial charge in [0.2, 0.25) is 5.91 Å². The summed E-state index contributed by atoms with van der Waals surface area (Å²) in [4.78, 5) is 28.2. The number of piperidine rings is 1. The molecule has 3 atom stereocenters. The van der Waals surface area contributed by atoms with Crippen LogP contribution in [0.25, 0.3) is 0 Å². The van der Waals surface area contributed by atoms with E-state index < -0.39 is 11.5 Å². The second-order valence-electron chi connectivity index (χ2n) is 8.43. The highest BCUT2D eigenvalue weighted by Crippen LogP contribution is 2.57. The quantitative estimate of drug-likeness (QED) is 0.653. The highest BCUT2D eigenvalue weighted by molar-refractivity contribution is 6.31. The van der Waals surface area contributed by atoms with E-state index in [-0.39, 0.29) is 24.3 Å². The molecule has 0 aromatic heterocycles. The summed E-state index contributed by atoms with van der Waals surface area (Å²) in [6, 6.07) is 12.6. The van der Waals surface area contributed by atoms with E-state index >= 15 is 0 Å². The van der Waals surface area contributed by atoms with Gasteiger partial charge in [-0.2, -0.15) is 5.10 Å². The normalized spacial score (nSPS) is 26.2. The average molecular weight is 469 g/mol. The van der Waals surface area contributed by atoms with Crippen LogP contribution in [0.2, 0.25) is 10.0 Å². The molecule has 3 aliphatic heterocycles. The van der Waals surface area contributed by atoms with Gasteiger partial charge in [0.05, 0.1) is 6.04 Å². The summed E-state index contributed by atoms with van der Waals surface area (Å²) in [7, 11) is 0. The van der Waals surface area contributed by atoms with Crippen molar-refractivity contribution in [3.63, 3.8) is 0 Å². The number of nitrogens with zero attached hydrogens (tertiary/aromatic N) is 2. The molecule has 5 rings (SSSR count). The number of benzene rings is 2. The number of halogens is 2. The third-order valence-corrected chi connectivity index (χ3v) is 7.25. The van der Waals surface area contributed by atoms with Gasteiger partial charge in [-0.05, 0) is 41.8 Å². The van der Waals surface area contributed by atoms with Crippen LogP contribution in [0.5, 0.6) is 0 Å². The summed E-state index contributed by atoms with van der Waals surface area (Å²) < 4.78 is 0. The molecule has 3 aliphatic rings. The predicted molar refractivity (Wildman–Crippen MR) is 126 cm³/mol. The minimum absolute atomic E-state index is 0.114. The zero-order chi connectivity index (χ0) is 22.6. The molecule has 1 spiro atoms. The molecule has 0 aliphatic carbocycles. The number of carbonyl (C=O) groups excluding carboxylic acids is 2. The van der Waals surface area contributed by atoms with Crippen LogP contribution in [-0.4, -0.2) is 35.1 Å². The lowest BCUT2D eigenvalue weighted by atomic mass is 9.58. The Morgan fingerprint density at radius 3 is 2.75 bits per heavy atom. The van der Waals surface area contributed by atoms with Crippen molar-refractivity contribution in [3.8, 4) is 0 Å². The van der Waals surface area contributed by atoms with Gasteiger partial charge in [-0.1, -0.05) is 60.5 Å². The molecule has 2 aromatic rings. The summed E-state index contributed by atoms with van der Waals surface area (Å²) in [6.07, 6.45) is 1.11. The molecule has 2 N–H and O–H groups in total. The molecule has 6 nitrogen and oxygen atoms in total. The number of amidine groups is 1. The minimum atomic E-state index is -1.02. The summed E-state index contributed by atoms with van der Waals surface area (Å²) in [6.45, 7) is 6.47. The van der Waals surface area contributed by atoms with Crippen LogP contribution in [0.3, 0.4) is 0 Å². The molecular weight excluding hydrogens is 447 g/mol. The monoisotopic (exact) mass is 468 g/mol. The SMILES string of the molecule is C=C(CC)[C@H]1N2CC(=O)NN=C2C[C@@H](c2cccc(Cl)c2)[C@]12C(=O)Nc1cc(Cl)ccc12. The van der Waals surface area contributed by atoms with E-state index in [2.05, 4.69) is 22.4 Å². The summed E-state index contributed by atoms with van der Waals surface area (Å²) in [5, 5.41) is 8.57. The molecule has 1 fully saturated rings. The number of carbonyl (C=O) groups is 2. The molecule has 2 amide bonds. The lowest BCUT2D eigenvalue weighted by Crippen LogP contribution is -2.66. The second-order valence-corrected chi connectivity index (χ2v) is 9.30. The Morgan fingerprint density at radius 1 is 1.22 bits per heavy atom. The standard InChI is InChI=1S/C24H22Cl2N4O2/c1-3-13(2)22-24(17-8-7-16(26)10-19(17)27-23(24)32)18(14-5-4-6-15(25)9-14)11-20-28-29-21(31)12-30(20)22/h4-10,18,22H,2-3,11-12H2,1H3,(H,27,32)(H,29,31)/t18-,22+,24-/m0/s1. The zero-order valence-corrected chi connectivity index (χ0v) is 19.0. The Bertz CT molecular complexity index is 1190. The largest absolute Gasteiger partial charge is 0.341 e. The Balaban J connectivity index is 1.83. The molecule has 0 bridgehead atoms. The van der Waals surface area contributed by atoms with Crippen molar-refractivity contribution >= 4 is 46.5 Å². The van der Waals surface area contributed by atoms with Crippen LogP contribution in [0.4, 0.5) is 5.69 Å². The van der Waals surface area contributed by atoms with Gasteiger partial charge in [0.25, 0.3) is 5.91 Å². The van der Waals surface area contributed by atoms with Gasteiger partial charge < -0.3 is 10.2 Å². The van der Waals surface area contributed by atoms with E-state index in [4.69, 9.17) is 23.2 Å². The first-order valence-corrected chi connectivity index (χ1v) is 11.3. The van der Waals surface area contributed by atoms with E-state index in [1.54, 1.807) is 12.1 Å². The summed E-state index contributed by atoms with van der Waals surface area (Å²) in [5.74, 6) is 0.107. The molecule has 0 radical (unpaired) electrons. The number of hydrogen-bond acceptors (Lipinski definition) is 4. The van der Waals surface area contributed by atoms with Crippen molar-refractivity contribution < 1.29 is 9.59 Å². The molecule has 3 heterocycles. The number of nitrogens with one attached hydrogen (secondary N) is 2. The van der Waals surface area contributed by atoms with Crippen molar-refractivity contribution in [2.75, 3.05) is 11.9 Å². The number of hydrogen-bond donors (Lipinski definition) is 2. The van der Waals surface area contributed by atoms with Crippen LogP contribution in [0, 0.1) is 0 Å². The molecule has 0 unspecified atom stereocenters. The Labute approximate surface area is 196 Å².